The number of benzene rings is 1. The van der Waals surface area contributed by atoms with Crippen molar-refractivity contribution < 1.29 is 13.2 Å². The third-order valence-corrected chi connectivity index (χ3v) is 4.12. The summed E-state index contributed by atoms with van der Waals surface area (Å²) in [6, 6.07) is 8.46. The zero-order chi connectivity index (χ0) is 17.3. The molecule has 0 saturated carbocycles. The highest BCUT2D eigenvalue weighted by molar-refractivity contribution is 7.80. The van der Waals surface area contributed by atoms with Crippen LogP contribution in [0.2, 0.25) is 0 Å². The molecule has 2 aromatic rings. The van der Waals surface area contributed by atoms with Crippen LogP contribution in [0, 0.1) is 0 Å². The first-order chi connectivity index (χ1) is 11.4. The molecule has 0 spiro atoms. The molecular weight excluding hydrogens is 335 g/mol. The number of benzodiazepines with no additional fused rings is 1. The molecule has 0 aliphatic carbocycles. The van der Waals surface area contributed by atoms with E-state index in [4.69, 9.17) is 12.2 Å². The summed E-state index contributed by atoms with van der Waals surface area (Å²) in [4.78, 5) is 9.33. The van der Waals surface area contributed by atoms with Crippen molar-refractivity contribution in [2.45, 2.75) is 25.6 Å². The Morgan fingerprint density at radius 2 is 2.00 bits per heavy atom. The number of anilines is 1. The second-order valence-corrected chi connectivity index (χ2v) is 5.80. The van der Waals surface area contributed by atoms with E-state index in [0.717, 1.165) is 12.1 Å². The van der Waals surface area contributed by atoms with Crippen LogP contribution in [0.15, 0.2) is 47.6 Å². The predicted molar refractivity (Wildman–Crippen MR) is 91.6 cm³/mol. The lowest BCUT2D eigenvalue weighted by atomic mass is 10.0. The van der Waals surface area contributed by atoms with Gasteiger partial charge in [-0.05, 0) is 36.8 Å². The molecule has 0 amide bonds. The second kappa shape index (κ2) is 6.32. The molecule has 7 heteroatoms. The average molecular weight is 349 g/mol. The first kappa shape index (κ1) is 16.6. The Labute approximate surface area is 142 Å². The number of pyridine rings is 1. The highest BCUT2D eigenvalue weighted by Gasteiger charge is 2.32. The summed E-state index contributed by atoms with van der Waals surface area (Å²) < 4.78 is 39.3. The van der Waals surface area contributed by atoms with Crippen LogP contribution in [0.1, 0.15) is 30.2 Å². The van der Waals surface area contributed by atoms with E-state index < -0.39 is 11.7 Å². The number of hydrogen-bond donors (Lipinski definition) is 1. The van der Waals surface area contributed by atoms with Gasteiger partial charge in [-0.3, -0.25) is 9.98 Å². The molecule has 24 heavy (non-hydrogen) atoms. The van der Waals surface area contributed by atoms with Gasteiger partial charge < -0.3 is 5.32 Å². The van der Waals surface area contributed by atoms with Gasteiger partial charge in [0.05, 0.1) is 17.0 Å². The molecule has 0 radical (unpaired) electrons. The van der Waals surface area contributed by atoms with Crippen molar-refractivity contribution in [1.29, 1.82) is 0 Å². The van der Waals surface area contributed by atoms with Gasteiger partial charge in [0.25, 0.3) is 0 Å². The number of alkyl halides is 3. The summed E-state index contributed by atoms with van der Waals surface area (Å²) in [7, 11) is 0. The van der Waals surface area contributed by atoms with Crippen molar-refractivity contribution >= 4 is 28.6 Å². The van der Waals surface area contributed by atoms with E-state index in [1.54, 1.807) is 24.4 Å². The fraction of sp³-hybridized carbons (Fsp3) is 0.235. The van der Waals surface area contributed by atoms with Gasteiger partial charge in [-0.2, -0.15) is 13.2 Å². The molecule has 1 aromatic heterocycles. The molecule has 3 rings (SSSR count). The molecule has 1 N–H and O–H groups in total. The molecule has 3 nitrogen and oxygen atoms in total. The van der Waals surface area contributed by atoms with E-state index >= 15 is 0 Å². The largest absolute Gasteiger partial charge is 0.416 e. The van der Waals surface area contributed by atoms with Crippen LogP contribution >= 0.6 is 12.2 Å². The van der Waals surface area contributed by atoms with Crippen molar-refractivity contribution in [3.05, 3.63) is 59.4 Å². The Hall–Kier alpha value is -2.28. The molecule has 0 fully saturated rings. The molecular formula is C17H14F3N3S. The SMILES string of the molecule is CCC1N=C(c2ccccn2)c2cc(C(F)(F)F)ccc2NC1=S. The number of nitrogens with zero attached hydrogens (tertiary/aromatic N) is 2. The standard InChI is InChI=1S/C17H14F3N3S/c1-2-12-16(24)23-13-7-6-10(17(18,19)20)9-11(13)15(22-12)14-5-3-4-8-21-14/h3-9,12H,2H2,1H3,(H,23,24). The fourth-order valence-electron chi connectivity index (χ4n) is 2.51. The Bertz CT molecular complexity index is 800. The third-order valence-electron chi connectivity index (χ3n) is 3.74. The number of hydrogen-bond acceptors (Lipinski definition) is 3. The number of fused-ring (bicyclic) bond motifs is 1. The summed E-state index contributed by atoms with van der Waals surface area (Å²) in [6.45, 7) is 1.93. The van der Waals surface area contributed by atoms with Crippen LogP contribution in [0.3, 0.4) is 0 Å². The Morgan fingerprint density at radius 3 is 2.62 bits per heavy atom. The van der Waals surface area contributed by atoms with E-state index in [1.807, 2.05) is 6.92 Å². The first-order valence-corrected chi connectivity index (χ1v) is 7.82. The van der Waals surface area contributed by atoms with Gasteiger partial charge in [0.15, 0.2) is 0 Å². The number of halogens is 3. The lowest BCUT2D eigenvalue weighted by Crippen LogP contribution is -2.22. The summed E-state index contributed by atoms with van der Waals surface area (Å²) in [6.07, 6.45) is -2.20. The van der Waals surface area contributed by atoms with Crippen molar-refractivity contribution in [1.82, 2.24) is 4.98 Å². The van der Waals surface area contributed by atoms with E-state index in [1.165, 1.54) is 6.07 Å². The minimum absolute atomic E-state index is 0.307. The molecule has 124 valence electrons. The normalized spacial score (nSPS) is 17.6. The van der Waals surface area contributed by atoms with E-state index in [-0.39, 0.29) is 6.04 Å². The monoisotopic (exact) mass is 349 g/mol. The lowest BCUT2D eigenvalue weighted by Gasteiger charge is -2.14. The molecule has 2 heterocycles. The lowest BCUT2D eigenvalue weighted by molar-refractivity contribution is -0.137. The first-order valence-electron chi connectivity index (χ1n) is 7.42. The van der Waals surface area contributed by atoms with Crippen molar-refractivity contribution in [2.24, 2.45) is 4.99 Å². The van der Waals surface area contributed by atoms with Crippen LogP contribution < -0.4 is 5.32 Å². The smallest absolute Gasteiger partial charge is 0.348 e. The van der Waals surface area contributed by atoms with Gasteiger partial charge in [-0.1, -0.05) is 25.2 Å². The average Bonchev–Trinajstić information content (AvgIpc) is 2.70. The number of aliphatic imine (C=N–C) groups is 1. The Kier molecular flexibility index (Phi) is 4.36. The third kappa shape index (κ3) is 3.17. The van der Waals surface area contributed by atoms with Crippen molar-refractivity contribution in [3.8, 4) is 0 Å². The quantitative estimate of drug-likeness (QED) is 0.813. The number of nitrogens with one attached hydrogen (secondary N) is 1. The van der Waals surface area contributed by atoms with Crippen LogP contribution in [0.25, 0.3) is 0 Å². The number of thiocarbonyl (C=S) groups is 1. The van der Waals surface area contributed by atoms with Crippen LogP contribution in [0.4, 0.5) is 18.9 Å². The molecule has 0 bridgehead atoms. The Morgan fingerprint density at radius 1 is 1.21 bits per heavy atom. The maximum Gasteiger partial charge on any atom is 0.416 e. The van der Waals surface area contributed by atoms with Gasteiger partial charge in [-0.25, -0.2) is 0 Å². The van der Waals surface area contributed by atoms with E-state index in [2.05, 4.69) is 15.3 Å². The fourth-order valence-corrected chi connectivity index (χ4v) is 2.84. The molecule has 0 saturated heterocycles. The summed E-state index contributed by atoms with van der Waals surface area (Å²) in [5.74, 6) is 0. The van der Waals surface area contributed by atoms with Crippen molar-refractivity contribution in [2.75, 3.05) is 5.32 Å². The number of rotatable bonds is 2. The highest BCUT2D eigenvalue weighted by atomic mass is 32.1. The second-order valence-electron chi connectivity index (χ2n) is 5.36. The minimum Gasteiger partial charge on any atom is -0.348 e. The zero-order valence-electron chi connectivity index (χ0n) is 12.8. The highest BCUT2D eigenvalue weighted by Crippen LogP contribution is 2.34. The van der Waals surface area contributed by atoms with Crippen molar-refractivity contribution in [3.63, 3.8) is 0 Å². The van der Waals surface area contributed by atoms with E-state index in [0.29, 0.717) is 34.1 Å². The molecule has 1 aromatic carbocycles. The van der Waals surface area contributed by atoms with Gasteiger partial charge in [0, 0.05) is 17.4 Å². The topological polar surface area (TPSA) is 37.3 Å². The van der Waals surface area contributed by atoms with Crippen LogP contribution in [0.5, 0.6) is 0 Å². The molecule has 1 unspecified atom stereocenters. The maximum atomic E-state index is 13.1. The summed E-state index contributed by atoms with van der Waals surface area (Å²) in [5.41, 5.74) is 1.06. The minimum atomic E-state index is -4.43. The van der Waals surface area contributed by atoms with Crippen LogP contribution in [-0.2, 0) is 6.18 Å². The number of aromatic nitrogens is 1. The molecule has 1 aliphatic rings. The van der Waals surface area contributed by atoms with Gasteiger partial charge in [0.1, 0.15) is 11.0 Å². The van der Waals surface area contributed by atoms with Gasteiger partial charge >= 0.3 is 6.18 Å². The van der Waals surface area contributed by atoms with Crippen LogP contribution in [-0.4, -0.2) is 21.7 Å². The Balaban J connectivity index is 2.23. The zero-order valence-corrected chi connectivity index (χ0v) is 13.6. The molecule has 1 aliphatic heterocycles. The van der Waals surface area contributed by atoms with Gasteiger partial charge in [0.2, 0.25) is 0 Å². The molecule has 1 atom stereocenters. The van der Waals surface area contributed by atoms with E-state index in [9.17, 15) is 13.2 Å². The maximum absolute atomic E-state index is 13.1. The summed E-state index contributed by atoms with van der Waals surface area (Å²) in [5, 5.41) is 3.02. The predicted octanol–water partition coefficient (Wildman–Crippen LogP) is 4.47. The van der Waals surface area contributed by atoms with Gasteiger partial charge in [-0.15, -0.1) is 0 Å². The summed E-state index contributed by atoms with van der Waals surface area (Å²) >= 11 is 5.34.